The predicted octanol–water partition coefficient (Wildman–Crippen LogP) is 3.91. The van der Waals surface area contributed by atoms with E-state index in [1.165, 1.54) is 12.1 Å². The number of carbonyl (C=O) groups excluding carboxylic acids is 2. The number of rotatable bonds is 7. The predicted molar refractivity (Wildman–Crippen MR) is 104 cm³/mol. The number of nitrogens with one attached hydrogen (secondary N) is 1. The highest BCUT2D eigenvalue weighted by Crippen LogP contribution is 2.09. The maximum absolute atomic E-state index is 13.0. The Morgan fingerprint density at radius 3 is 2.07 bits per heavy atom. The Bertz CT molecular complexity index is 912. The third-order valence-corrected chi connectivity index (χ3v) is 4.20. The molecule has 0 fully saturated rings. The second kappa shape index (κ2) is 9.46. The molecule has 0 heterocycles. The first-order valence-electron chi connectivity index (χ1n) is 8.93. The van der Waals surface area contributed by atoms with Gasteiger partial charge < -0.3 is 10.1 Å². The van der Waals surface area contributed by atoms with Crippen LogP contribution in [0.15, 0.2) is 84.9 Å². The van der Waals surface area contributed by atoms with Crippen molar-refractivity contribution < 1.29 is 18.7 Å². The van der Waals surface area contributed by atoms with Gasteiger partial charge in [-0.25, -0.2) is 9.18 Å². The van der Waals surface area contributed by atoms with Gasteiger partial charge in [-0.3, -0.25) is 4.79 Å². The van der Waals surface area contributed by atoms with E-state index in [4.69, 9.17) is 4.74 Å². The average Bonchev–Trinajstić information content (AvgIpc) is 2.74. The molecule has 0 radical (unpaired) electrons. The van der Waals surface area contributed by atoms with Crippen LogP contribution in [0.5, 0.6) is 0 Å². The van der Waals surface area contributed by atoms with Gasteiger partial charge in [-0.2, -0.15) is 0 Å². The fourth-order valence-corrected chi connectivity index (χ4v) is 2.71. The SMILES string of the molecule is O=C(NC(Cc1ccccc1)C(=O)OCc1ccc(F)cc1)c1ccccc1. The van der Waals surface area contributed by atoms with Crippen LogP contribution in [0.3, 0.4) is 0 Å². The Morgan fingerprint density at radius 1 is 0.821 bits per heavy atom. The third-order valence-electron chi connectivity index (χ3n) is 4.20. The Morgan fingerprint density at radius 2 is 1.43 bits per heavy atom. The first kappa shape index (κ1) is 19.3. The lowest BCUT2D eigenvalue weighted by molar-refractivity contribution is -0.147. The molecule has 0 saturated carbocycles. The quantitative estimate of drug-likeness (QED) is 0.635. The summed E-state index contributed by atoms with van der Waals surface area (Å²) in [5, 5.41) is 2.75. The molecule has 0 saturated heterocycles. The number of halogens is 1. The highest BCUT2D eigenvalue weighted by molar-refractivity contribution is 5.96. The first-order chi connectivity index (χ1) is 13.6. The van der Waals surface area contributed by atoms with Crippen LogP contribution in [0.2, 0.25) is 0 Å². The van der Waals surface area contributed by atoms with Crippen molar-refractivity contribution in [3.05, 3.63) is 107 Å². The summed E-state index contributed by atoms with van der Waals surface area (Å²) in [7, 11) is 0. The number of esters is 1. The van der Waals surface area contributed by atoms with E-state index in [0.29, 0.717) is 17.5 Å². The van der Waals surface area contributed by atoms with Crippen LogP contribution in [-0.2, 0) is 22.6 Å². The molecule has 0 aliphatic rings. The van der Waals surface area contributed by atoms with E-state index in [1.807, 2.05) is 36.4 Å². The van der Waals surface area contributed by atoms with Crippen LogP contribution >= 0.6 is 0 Å². The molecule has 3 rings (SSSR count). The zero-order valence-electron chi connectivity index (χ0n) is 15.2. The number of ether oxygens (including phenoxy) is 1. The standard InChI is InChI=1S/C23H20FNO3/c24-20-13-11-18(12-14-20)16-28-23(27)21(15-17-7-3-1-4-8-17)25-22(26)19-9-5-2-6-10-19/h1-14,21H,15-16H2,(H,25,26). The van der Waals surface area contributed by atoms with E-state index in [0.717, 1.165) is 5.56 Å². The van der Waals surface area contributed by atoms with Gasteiger partial charge in [0.2, 0.25) is 0 Å². The third kappa shape index (κ3) is 5.51. The Kier molecular flexibility index (Phi) is 6.52. The van der Waals surface area contributed by atoms with Gasteiger partial charge in [0.25, 0.3) is 5.91 Å². The van der Waals surface area contributed by atoms with Gasteiger partial charge in [0, 0.05) is 12.0 Å². The molecule has 1 atom stereocenters. The van der Waals surface area contributed by atoms with Gasteiger partial charge in [-0.05, 0) is 35.4 Å². The molecule has 1 unspecified atom stereocenters. The van der Waals surface area contributed by atoms with Gasteiger partial charge in [0.05, 0.1) is 0 Å². The lowest BCUT2D eigenvalue weighted by Gasteiger charge is -2.18. The summed E-state index contributed by atoms with van der Waals surface area (Å²) in [4.78, 5) is 25.1. The molecule has 0 spiro atoms. The van der Waals surface area contributed by atoms with Gasteiger partial charge in [-0.1, -0.05) is 60.7 Å². The molecule has 4 nitrogen and oxygen atoms in total. The van der Waals surface area contributed by atoms with Crippen molar-refractivity contribution in [2.45, 2.75) is 19.1 Å². The summed E-state index contributed by atoms with van der Waals surface area (Å²) in [6, 6.07) is 23.0. The normalized spacial score (nSPS) is 11.5. The Balaban J connectivity index is 1.70. The van der Waals surface area contributed by atoms with Gasteiger partial charge in [0.1, 0.15) is 18.5 Å². The van der Waals surface area contributed by atoms with E-state index in [2.05, 4.69) is 5.32 Å². The molecular weight excluding hydrogens is 357 g/mol. The minimum absolute atomic E-state index is 0.00557. The van der Waals surface area contributed by atoms with E-state index in [1.54, 1.807) is 36.4 Å². The maximum Gasteiger partial charge on any atom is 0.329 e. The number of benzene rings is 3. The summed E-state index contributed by atoms with van der Waals surface area (Å²) in [6.45, 7) is 0.00557. The summed E-state index contributed by atoms with van der Waals surface area (Å²) in [5.74, 6) is -1.25. The second-order valence-corrected chi connectivity index (χ2v) is 6.32. The number of hydrogen-bond donors (Lipinski definition) is 1. The zero-order valence-corrected chi connectivity index (χ0v) is 15.2. The summed E-state index contributed by atoms with van der Waals surface area (Å²) in [5.41, 5.74) is 2.04. The molecule has 5 heteroatoms. The monoisotopic (exact) mass is 377 g/mol. The molecule has 1 N–H and O–H groups in total. The highest BCUT2D eigenvalue weighted by atomic mass is 19.1. The average molecular weight is 377 g/mol. The van der Waals surface area contributed by atoms with Crippen molar-refractivity contribution in [3.8, 4) is 0 Å². The minimum atomic E-state index is -0.837. The Hall–Kier alpha value is -3.47. The molecule has 0 aliphatic carbocycles. The molecule has 0 aliphatic heterocycles. The minimum Gasteiger partial charge on any atom is -0.459 e. The molecule has 0 aromatic heterocycles. The second-order valence-electron chi connectivity index (χ2n) is 6.32. The van der Waals surface area contributed by atoms with Crippen molar-refractivity contribution in [2.75, 3.05) is 0 Å². The fraction of sp³-hybridized carbons (Fsp3) is 0.130. The van der Waals surface area contributed by atoms with E-state index in [-0.39, 0.29) is 18.3 Å². The molecule has 142 valence electrons. The van der Waals surface area contributed by atoms with Crippen LogP contribution in [0.4, 0.5) is 4.39 Å². The smallest absolute Gasteiger partial charge is 0.329 e. The number of hydrogen-bond acceptors (Lipinski definition) is 3. The van der Waals surface area contributed by atoms with Gasteiger partial charge >= 0.3 is 5.97 Å². The topological polar surface area (TPSA) is 55.4 Å². The molecule has 3 aromatic rings. The zero-order chi connectivity index (χ0) is 19.8. The van der Waals surface area contributed by atoms with Crippen molar-refractivity contribution in [1.29, 1.82) is 0 Å². The molecule has 28 heavy (non-hydrogen) atoms. The molecule has 0 bridgehead atoms. The van der Waals surface area contributed by atoms with Crippen molar-refractivity contribution in [2.24, 2.45) is 0 Å². The summed E-state index contributed by atoms with van der Waals surface area (Å²) >= 11 is 0. The first-order valence-corrected chi connectivity index (χ1v) is 8.93. The van der Waals surface area contributed by atoms with Crippen LogP contribution in [-0.4, -0.2) is 17.9 Å². The number of carbonyl (C=O) groups is 2. The maximum atomic E-state index is 13.0. The molecule has 1 amide bonds. The van der Waals surface area contributed by atoms with E-state index in [9.17, 15) is 14.0 Å². The van der Waals surface area contributed by atoms with Crippen molar-refractivity contribution >= 4 is 11.9 Å². The van der Waals surface area contributed by atoms with E-state index < -0.39 is 12.0 Å². The Labute approximate surface area is 163 Å². The molecule has 3 aromatic carbocycles. The van der Waals surface area contributed by atoms with Gasteiger partial charge in [-0.15, -0.1) is 0 Å². The summed E-state index contributed by atoms with van der Waals surface area (Å²) in [6.07, 6.45) is 0.307. The van der Waals surface area contributed by atoms with E-state index >= 15 is 0 Å². The van der Waals surface area contributed by atoms with Gasteiger partial charge in [0.15, 0.2) is 0 Å². The fourth-order valence-electron chi connectivity index (χ4n) is 2.71. The van der Waals surface area contributed by atoms with Crippen molar-refractivity contribution in [3.63, 3.8) is 0 Å². The lowest BCUT2D eigenvalue weighted by atomic mass is 10.1. The lowest BCUT2D eigenvalue weighted by Crippen LogP contribution is -2.43. The molecular formula is C23H20FNO3. The summed E-state index contributed by atoms with van der Waals surface area (Å²) < 4.78 is 18.4. The number of amides is 1. The van der Waals surface area contributed by atoms with Crippen LogP contribution in [0, 0.1) is 5.82 Å². The van der Waals surface area contributed by atoms with Crippen molar-refractivity contribution in [1.82, 2.24) is 5.32 Å². The van der Waals surface area contributed by atoms with Crippen LogP contribution < -0.4 is 5.32 Å². The van der Waals surface area contributed by atoms with Crippen LogP contribution in [0.1, 0.15) is 21.5 Å². The van der Waals surface area contributed by atoms with Crippen LogP contribution in [0.25, 0.3) is 0 Å². The highest BCUT2D eigenvalue weighted by Gasteiger charge is 2.23. The largest absolute Gasteiger partial charge is 0.459 e.